The van der Waals surface area contributed by atoms with Crippen LogP contribution in [0.4, 0.5) is 10.5 Å². The molecule has 22 heavy (non-hydrogen) atoms. The topological polar surface area (TPSA) is 29.5 Å². The number of carbonyl (C=O) groups is 1. The van der Waals surface area contributed by atoms with Crippen LogP contribution in [0, 0.1) is 0 Å². The highest BCUT2D eigenvalue weighted by Crippen LogP contribution is 2.34. The Balaban J connectivity index is 1.61. The van der Waals surface area contributed by atoms with Gasteiger partial charge >= 0.3 is 6.09 Å². The van der Waals surface area contributed by atoms with E-state index in [1.165, 1.54) is 48.8 Å². The molecule has 1 aliphatic heterocycles. The third-order valence-electron chi connectivity index (χ3n) is 5.45. The van der Waals surface area contributed by atoms with Gasteiger partial charge in [0.25, 0.3) is 0 Å². The lowest BCUT2D eigenvalue weighted by Gasteiger charge is -2.25. The standard InChI is InChI=1S/C19H25NO2/c21-19(22-17-9-1-2-10-17)20-11-4-3-6-16-12-14-7-5-8-15(14)13-18(16)20/h12-13,17H,1-11H2. The van der Waals surface area contributed by atoms with Gasteiger partial charge in [-0.3, -0.25) is 4.90 Å². The van der Waals surface area contributed by atoms with Crippen molar-refractivity contribution in [3.8, 4) is 0 Å². The van der Waals surface area contributed by atoms with E-state index in [-0.39, 0.29) is 12.2 Å². The molecule has 3 heteroatoms. The molecule has 1 amide bonds. The Bertz CT molecular complexity index is 575. The van der Waals surface area contributed by atoms with Crippen molar-refractivity contribution in [1.82, 2.24) is 0 Å². The van der Waals surface area contributed by atoms with E-state index in [1.54, 1.807) is 0 Å². The summed E-state index contributed by atoms with van der Waals surface area (Å²) in [6.45, 7) is 0.803. The van der Waals surface area contributed by atoms with Gasteiger partial charge in [0.1, 0.15) is 6.10 Å². The molecule has 0 aromatic heterocycles. The second-order valence-corrected chi connectivity index (χ2v) is 7.00. The summed E-state index contributed by atoms with van der Waals surface area (Å²) in [5.74, 6) is 0. The fourth-order valence-corrected chi connectivity index (χ4v) is 4.22. The summed E-state index contributed by atoms with van der Waals surface area (Å²) in [6.07, 6.45) is 11.4. The van der Waals surface area contributed by atoms with Gasteiger partial charge in [-0.25, -0.2) is 4.79 Å². The molecule has 0 radical (unpaired) electrons. The van der Waals surface area contributed by atoms with E-state index in [0.717, 1.165) is 44.3 Å². The maximum Gasteiger partial charge on any atom is 0.414 e. The van der Waals surface area contributed by atoms with Crippen molar-refractivity contribution in [2.24, 2.45) is 0 Å². The van der Waals surface area contributed by atoms with Crippen molar-refractivity contribution < 1.29 is 9.53 Å². The highest BCUT2D eigenvalue weighted by molar-refractivity contribution is 5.89. The number of benzene rings is 1. The minimum Gasteiger partial charge on any atom is -0.446 e. The van der Waals surface area contributed by atoms with E-state index in [4.69, 9.17) is 4.74 Å². The van der Waals surface area contributed by atoms with Crippen LogP contribution in [-0.4, -0.2) is 18.7 Å². The number of amides is 1. The molecule has 1 saturated carbocycles. The maximum atomic E-state index is 12.7. The summed E-state index contributed by atoms with van der Waals surface area (Å²) in [4.78, 5) is 14.6. The van der Waals surface area contributed by atoms with Crippen molar-refractivity contribution in [3.63, 3.8) is 0 Å². The largest absolute Gasteiger partial charge is 0.446 e. The molecule has 1 aromatic rings. The second-order valence-electron chi connectivity index (χ2n) is 7.00. The average molecular weight is 299 g/mol. The van der Waals surface area contributed by atoms with Crippen molar-refractivity contribution >= 4 is 11.8 Å². The molecule has 118 valence electrons. The lowest BCUT2D eigenvalue weighted by molar-refractivity contribution is 0.107. The van der Waals surface area contributed by atoms with Crippen LogP contribution in [0.15, 0.2) is 12.1 Å². The van der Waals surface area contributed by atoms with Crippen molar-refractivity contribution in [3.05, 3.63) is 28.8 Å². The summed E-state index contributed by atoms with van der Waals surface area (Å²) in [7, 11) is 0. The van der Waals surface area contributed by atoms with Crippen LogP contribution in [0.1, 0.15) is 61.6 Å². The van der Waals surface area contributed by atoms with Crippen LogP contribution < -0.4 is 4.90 Å². The van der Waals surface area contributed by atoms with Gasteiger partial charge in [-0.2, -0.15) is 0 Å². The third-order valence-corrected chi connectivity index (χ3v) is 5.45. The molecule has 4 rings (SSSR count). The van der Waals surface area contributed by atoms with Gasteiger partial charge in [0.2, 0.25) is 0 Å². The minimum absolute atomic E-state index is 0.118. The molecule has 1 heterocycles. The van der Waals surface area contributed by atoms with Gasteiger partial charge in [-0.05, 0) is 87.0 Å². The number of rotatable bonds is 1. The Hall–Kier alpha value is -1.51. The van der Waals surface area contributed by atoms with Gasteiger partial charge in [0.15, 0.2) is 0 Å². The van der Waals surface area contributed by atoms with Gasteiger partial charge in [-0.1, -0.05) is 6.07 Å². The molecule has 0 unspecified atom stereocenters. The summed E-state index contributed by atoms with van der Waals surface area (Å²) in [5, 5.41) is 0. The zero-order chi connectivity index (χ0) is 14.9. The lowest BCUT2D eigenvalue weighted by atomic mass is 10.0. The third kappa shape index (κ3) is 2.62. The predicted octanol–water partition coefficient (Wildman–Crippen LogP) is 4.40. The minimum atomic E-state index is -0.118. The lowest BCUT2D eigenvalue weighted by Crippen LogP contribution is -2.34. The van der Waals surface area contributed by atoms with Crippen LogP contribution in [-0.2, 0) is 24.0 Å². The first-order chi connectivity index (χ1) is 10.8. The first-order valence-electron chi connectivity index (χ1n) is 8.94. The molecule has 2 aliphatic carbocycles. The second kappa shape index (κ2) is 5.94. The monoisotopic (exact) mass is 299 g/mol. The Morgan fingerprint density at radius 2 is 1.64 bits per heavy atom. The zero-order valence-electron chi connectivity index (χ0n) is 13.3. The van der Waals surface area contributed by atoms with Crippen molar-refractivity contribution in [1.29, 1.82) is 0 Å². The Kier molecular flexibility index (Phi) is 3.81. The van der Waals surface area contributed by atoms with E-state index >= 15 is 0 Å². The Morgan fingerprint density at radius 1 is 0.909 bits per heavy atom. The van der Waals surface area contributed by atoms with Gasteiger partial charge in [-0.15, -0.1) is 0 Å². The average Bonchev–Trinajstić information content (AvgIpc) is 3.13. The first-order valence-corrected chi connectivity index (χ1v) is 8.94. The summed E-state index contributed by atoms with van der Waals surface area (Å²) in [6, 6.07) is 4.64. The molecule has 0 bridgehead atoms. The molecular formula is C19H25NO2. The van der Waals surface area contributed by atoms with E-state index in [1.807, 2.05) is 4.90 Å². The molecule has 0 N–H and O–H groups in total. The van der Waals surface area contributed by atoms with Gasteiger partial charge < -0.3 is 4.74 Å². The molecule has 0 spiro atoms. The maximum absolute atomic E-state index is 12.7. The highest BCUT2D eigenvalue weighted by atomic mass is 16.6. The molecule has 0 atom stereocenters. The number of ether oxygens (including phenoxy) is 1. The van der Waals surface area contributed by atoms with Crippen LogP contribution in [0.25, 0.3) is 0 Å². The number of hydrogen-bond acceptors (Lipinski definition) is 2. The van der Waals surface area contributed by atoms with E-state index in [2.05, 4.69) is 12.1 Å². The molecule has 1 fully saturated rings. The van der Waals surface area contributed by atoms with E-state index in [9.17, 15) is 4.79 Å². The number of fused-ring (bicyclic) bond motifs is 2. The summed E-state index contributed by atoms with van der Waals surface area (Å²) < 4.78 is 5.77. The molecule has 0 saturated heterocycles. The van der Waals surface area contributed by atoms with Crippen LogP contribution in [0.2, 0.25) is 0 Å². The van der Waals surface area contributed by atoms with Crippen LogP contribution in [0.3, 0.4) is 0 Å². The van der Waals surface area contributed by atoms with Crippen LogP contribution >= 0.6 is 0 Å². The summed E-state index contributed by atoms with van der Waals surface area (Å²) >= 11 is 0. The zero-order valence-corrected chi connectivity index (χ0v) is 13.3. The number of nitrogens with zero attached hydrogens (tertiary/aromatic N) is 1. The Labute approximate surface area is 132 Å². The van der Waals surface area contributed by atoms with Crippen molar-refractivity contribution in [2.45, 2.75) is 70.3 Å². The fourth-order valence-electron chi connectivity index (χ4n) is 4.22. The molecule has 1 aromatic carbocycles. The smallest absolute Gasteiger partial charge is 0.414 e. The predicted molar refractivity (Wildman–Crippen MR) is 87.5 cm³/mol. The van der Waals surface area contributed by atoms with E-state index < -0.39 is 0 Å². The fraction of sp³-hybridized carbons (Fsp3) is 0.632. The molecular weight excluding hydrogens is 274 g/mol. The number of aryl methyl sites for hydroxylation is 3. The first kappa shape index (κ1) is 14.1. The SMILES string of the molecule is O=C(OC1CCCC1)N1CCCCc2cc3c(cc21)CCC3. The Morgan fingerprint density at radius 3 is 2.45 bits per heavy atom. The number of anilines is 1. The normalized spacial score (nSPS) is 21.4. The van der Waals surface area contributed by atoms with E-state index in [0.29, 0.717) is 0 Å². The van der Waals surface area contributed by atoms with Gasteiger partial charge in [0, 0.05) is 6.54 Å². The van der Waals surface area contributed by atoms with Crippen molar-refractivity contribution in [2.75, 3.05) is 11.4 Å². The number of hydrogen-bond donors (Lipinski definition) is 0. The number of carbonyl (C=O) groups excluding carboxylic acids is 1. The van der Waals surface area contributed by atoms with Gasteiger partial charge in [0.05, 0.1) is 5.69 Å². The van der Waals surface area contributed by atoms with Crippen LogP contribution in [0.5, 0.6) is 0 Å². The summed E-state index contributed by atoms with van der Waals surface area (Å²) in [5.41, 5.74) is 5.42. The molecule has 3 nitrogen and oxygen atoms in total. The molecule has 3 aliphatic rings. The quantitative estimate of drug-likeness (QED) is 0.769. The highest BCUT2D eigenvalue weighted by Gasteiger charge is 2.28.